The predicted molar refractivity (Wildman–Crippen MR) is 117 cm³/mol. The van der Waals surface area contributed by atoms with Crippen molar-refractivity contribution < 1.29 is 14.0 Å². The van der Waals surface area contributed by atoms with E-state index in [4.69, 9.17) is 9.16 Å². The molecule has 0 unspecified atom stereocenters. The number of aromatic nitrogens is 2. The van der Waals surface area contributed by atoms with Gasteiger partial charge in [-0.05, 0) is 42.2 Å². The van der Waals surface area contributed by atoms with Crippen LogP contribution >= 0.6 is 0 Å². The first kappa shape index (κ1) is 23.2. The summed E-state index contributed by atoms with van der Waals surface area (Å²) in [4.78, 5) is 13.0. The number of nitrogens with one attached hydrogen (secondary N) is 1. The van der Waals surface area contributed by atoms with Gasteiger partial charge in [0.15, 0.2) is 14.4 Å². The van der Waals surface area contributed by atoms with Crippen molar-refractivity contribution in [3.63, 3.8) is 0 Å². The van der Waals surface area contributed by atoms with Crippen molar-refractivity contribution in [1.82, 2.24) is 15.5 Å². The average Bonchev–Trinajstić information content (AvgIpc) is 2.68. The number of carbonyl (C=O) groups excluding carboxylic acids is 1. The van der Waals surface area contributed by atoms with Crippen LogP contribution in [0.5, 0.6) is 0 Å². The molecule has 158 valence electrons. The minimum absolute atomic E-state index is 0.0434. The maximum absolute atomic E-state index is 13.0. The lowest BCUT2D eigenvalue weighted by molar-refractivity contribution is -0.153. The minimum Gasteiger partial charge on any atom is -0.464 e. The number of ether oxygens (including phenoxy) is 1. The molecule has 0 aliphatic heterocycles. The Balaban J connectivity index is 2.38. The second kappa shape index (κ2) is 10.1. The summed E-state index contributed by atoms with van der Waals surface area (Å²) in [5.74, 6) is -0.361. The molecule has 1 heterocycles. The molecule has 2 aromatic rings. The molecule has 0 spiro atoms. The number of hydrogen-bond donors (Lipinski definition) is 1. The Hall–Kier alpha value is -2.09. The minimum atomic E-state index is -2.24. The summed E-state index contributed by atoms with van der Waals surface area (Å²) >= 11 is 0. The van der Waals surface area contributed by atoms with Crippen LogP contribution in [0, 0.1) is 0 Å². The third kappa shape index (κ3) is 6.45. The van der Waals surface area contributed by atoms with E-state index in [1.165, 1.54) is 0 Å². The zero-order valence-electron chi connectivity index (χ0n) is 18.3. The smallest absolute Gasteiger partial charge is 0.336 e. The molecule has 1 N–H and O–H groups in total. The monoisotopic (exact) mass is 415 g/mol. The topological polar surface area (TPSA) is 73.3 Å². The number of rotatable bonds is 9. The molecule has 6 nitrogen and oxygen atoms in total. The Morgan fingerprint density at radius 1 is 1.14 bits per heavy atom. The van der Waals surface area contributed by atoms with E-state index in [9.17, 15) is 4.79 Å². The molecule has 2 rings (SSSR count). The second-order valence-electron chi connectivity index (χ2n) is 8.57. The van der Waals surface area contributed by atoms with Crippen LogP contribution < -0.4 is 5.32 Å². The Labute approximate surface area is 175 Å². The second-order valence-corrected chi connectivity index (χ2v) is 13.3. The van der Waals surface area contributed by atoms with Gasteiger partial charge in [0.1, 0.15) is 0 Å². The normalized spacial score (nSPS) is 14.3. The molecule has 1 aromatic carbocycles. The first-order chi connectivity index (χ1) is 13.7. The van der Waals surface area contributed by atoms with Gasteiger partial charge in [-0.1, -0.05) is 51.1 Å². The maximum Gasteiger partial charge on any atom is 0.336 e. The molecule has 29 heavy (non-hydrogen) atoms. The molecule has 1 aromatic heterocycles. The fourth-order valence-electron chi connectivity index (χ4n) is 2.68. The Kier molecular flexibility index (Phi) is 8.07. The Morgan fingerprint density at radius 3 is 2.38 bits per heavy atom. The zero-order chi connectivity index (χ0) is 21.5. The van der Waals surface area contributed by atoms with Gasteiger partial charge in [0, 0.05) is 12.7 Å². The quantitative estimate of drug-likeness (QED) is 0.487. The van der Waals surface area contributed by atoms with Gasteiger partial charge in [0.2, 0.25) is 0 Å². The SMILES string of the molecule is CCOC(=O)[C@H](O[Si](C)(C)C(C)(C)C)[C@H](NCc1ccccc1)c1ccnnc1. The summed E-state index contributed by atoms with van der Waals surface area (Å²) < 4.78 is 12.0. The molecule has 0 radical (unpaired) electrons. The number of nitrogens with zero attached hydrogens (tertiary/aromatic N) is 2. The Morgan fingerprint density at radius 2 is 1.83 bits per heavy atom. The molecule has 0 aliphatic carbocycles. The van der Waals surface area contributed by atoms with Crippen LogP contribution in [0.25, 0.3) is 0 Å². The lowest BCUT2D eigenvalue weighted by atomic mass is 10.0. The van der Waals surface area contributed by atoms with E-state index < -0.39 is 20.5 Å². The van der Waals surface area contributed by atoms with E-state index in [1.807, 2.05) is 43.3 Å². The average molecular weight is 416 g/mol. The van der Waals surface area contributed by atoms with Gasteiger partial charge in [-0.3, -0.25) is 0 Å². The van der Waals surface area contributed by atoms with Crippen LogP contribution in [-0.2, 0) is 20.5 Å². The molecular weight excluding hydrogens is 382 g/mol. The highest BCUT2D eigenvalue weighted by Gasteiger charge is 2.44. The van der Waals surface area contributed by atoms with Crippen LogP contribution in [0.3, 0.4) is 0 Å². The van der Waals surface area contributed by atoms with Crippen molar-refractivity contribution in [3.05, 3.63) is 59.9 Å². The molecule has 0 aliphatic rings. The first-order valence-corrected chi connectivity index (χ1v) is 12.9. The van der Waals surface area contributed by atoms with Crippen molar-refractivity contribution >= 4 is 14.3 Å². The van der Waals surface area contributed by atoms with Crippen LogP contribution in [0.15, 0.2) is 48.8 Å². The maximum atomic E-state index is 13.0. The van der Waals surface area contributed by atoms with Crippen molar-refractivity contribution in [3.8, 4) is 0 Å². The van der Waals surface area contributed by atoms with E-state index in [-0.39, 0.29) is 11.0 Å². The van der Waals surface area contributed by atoms with Gasteiger partial charge in [-0.2, -0.15) is 10.2 Å². The summed E-state index contributed by atoms with van der Waals surface area (Å²) in [6.45, 7) is 13.4. The molecule has 0 amide bonds. The van der Waals surface area contributed by atoms with Crippen LogP contribution in [0.4, 0.5) is 0 Å². The van der Waals surface area contributed by atoms with Gasteiger partial charge in [-0.15, -0.1) is 0 Å². The van der Waals surface area contributed by atoms with E-state index in [0.717, 1.165) is 11.1 Å². The molecule has 2 atom stereocenters. The van der Waals surface area contributed by atoms with Gasteiger partial charge >= 0.3 is 5.97 Å². The largest absolute Gasteiger partial charge is 0.464 e. The molecule has 0 bridgehead atoms. The highest BCUT2D eigenvalue weighted by atomic mass is 28.4. The van der Waals surface area contributed by atoms with Gasteiger partial charge in [0.25, 0.3) is 0 Å². The summed E-state index contributed by atoms with van der Waals surface area (Å²) in [5.41, 5.74) is 1.96. The third-order valence-corrected chi connectivity index (χ3v) is 9.84. The van der Waals surface area contributed by atoms with E-state index in [1.54, 1.807) is 12.4 Å². The standard InChI is InChI=1S/C22H33N3O3Si/c1-7-27-21(26)20(28-29(5,6)22(2,3)4)19(18-13-14-24-25-16-18)23-15-17-11-9-8-10-12-17/h8-14,16,19-20,23H,7,15H2,1-6H3/t19-,20-/m1/s1. The predicted octanol–water partition coefficient (Wildman–Crippen LogP) is 4.26. The molecule has 0 fully saturated rings. The summed E-state index contributed by atoms with van der Waals surface area (Å²) in [6, 6.07) is 11.5. The molecule has 0 saturated carbocycles. The van der Waals surface area contributed by atoms with Gasteiger partial charge in [-0.25, -0.2) is 4.79 Å². The van der Waals surface area contributed by atoms with Crippen molar-refractivity contribution in [2.24, 2.45) is 0 Å². The Bertz CT molecular complexity index is 764. The fourth-order valence-corrected chi connectivity index (χ4v) is 3.90. The van der Waals surface area contributed by atoms with Crippen molar-refractivity contribution in [1.29, 1.82) is 0 Å². The first-order valence-electron chi connectivity index (χ1n) is 10.0. The van der Waals surface area contributed by atoms with E-state index >= 15 is 0 Å². The molecule has 0 saturated heterocycles. The fraction of sp³-hybridized carbons (Fsp3) is 0.500. The number of esters is 1. The number of benzene rings is 1. The highest BCUT2D eigenvalue weighted by Crippen LogP contribution is 2.39. The van der Waals surface area contributed by atoms with Crippen LogP contribution in [0.1, 0.15) is 44.9 Å². The number of carbonyl (C=O) groups is 1. The molecule has 7 heteroatoms. The summed E-state index contributed by atoms with van der Waals surface area (Å²) in [5, 5.41) is 11.3. The third-order valence-electron chi connectivity index (χ3n) is 5.38. The van der Waals surface area contributed by atoms with E-state index in [2.05, 4.69) is 49.4 Å². The molecular formula is C22H33N3O3Si. The lowest BCUT2D eigenvalue weighted by Gasteiger charge is -2.40. The van der Waals surface area contributed by atoms with Crippen molar-refractivity contribution in [2.45, 2.75) is 64.5 Å². The zero-order valence-corrected chi connectivity index (χ0v) is 19.3. The van der Waals surface area contributed by atoms with Crippen molar-refractivity contribution in [2.75, 3.05) is 6.61 Å². The van der Waals surface area contributed by atoms with Crippen LogP contribution in [-0.4, -0.2) is 37.2 Å². The van der Waals surface area contributed by atoms with Gasteiger partial charge < -0.3 is 14.5 Å². The lowest BCUT2D eigenvalue weighted by Crippen LogP contribution is -2.50. The number of hydrogen-bond acceptors (Lipinski definition) is 6. The summed E-state index contributed by atoms with van der Waals surface area (Å²) in [7, 11) is -2.24. The van der Waals surface area contributed by atoms with Gasteiger partial charge in [0.05, 0.1) is 18.8 Å². The van der Waals surface area contributed by atoms with Crippen LogP contribution in [0.2, 0.25) is 18.1 Å². The highest BCUT2D eigenvalue weighted by molar-refractivity contribution is 6.74. The summed E-state index contributed by atoms with van der Waals surface area (Å²) in [6.07, 6.45) is 2.52. The van der Waals surface area contributed by atoms with E-state index in [0.29, 0.717) is 13.2 Å².